The van der Waals surface area contributed by atoms with Crippen LogP contribution in [0.15, 0.2) is 0 Å². The van der Waals surface area contributed by atoms with Crippen molar-refractivity contribution in [2.75, 3.05) is 26.2 Å². The third-order valence-electron chi connectivity index (χ3n) is 2.01. The highest BCUT2D eigenvalue weighted by Crippen LogP contribution is 2.06. The standard InChI is InChI=1S/C12H27N3O2.ClH/c1-12(2,3)17-11(16)15-10-5-4-8-14-9-6-7-13;/h14H,4-10,13H2,1-3H3,(H,15,16);1H. The molecule has 1 amide bonds. The Morgan fingerprint density at radius 1 is 1.11 bits per heavy atom. The van der Waals surface area contributed by atoms with Crippen molar-refractivity contribution in [2.24, 2.45) is 5.73 Å². The molecule has 0 aromatic heterocycles. The fourth-order valence-electron chi connectivity index (χ4n) is 1.23. The second-order valence-electron chi connectivity index (χ2n) is 5.03. The molecule has 18 heavy (non-hydrogen) atoms. The average molecular weight is 282 g/mol. The lowest BCUT2D eigenvalue weighted by Gasteiger charge is -2.19. The molecule has 0 aliphatic heterocycles. The summed E-state index contributed by atoms with van der Waals surface area (Å²) in [5, 5.41) is 6.02. The molecule has 0 rings (SSSR count). The summed E-state index contributed by atoms with van der Waals surface area (Å²) in [4.78, 5) is 11.3. The fraction of sp³-hybridized carbons (Fsp3) is 0.917. The number of carbonyl (C=O) groups excluding carboxylic acids is 1. The number of hydrogen-bond acceptors (Lipinski definition) is 4. The summed E-state index contributed by atoms with van der Waals surface area (Å²) in [6.45, 7) is 8.89. The molecule has 0 spiro atoms. The largest absolute Gasteiger partial charge is 0.444 e. The summed E-state index contributed by atoms with van der Waals surface area (Å²) in [6.07, 6.45) is 2.67. The second kappa shape index (κ2) is 11.6. The highest BCUT2D eigenvalue weighted by Gasteiger charge is 2.15. The number of alkyl carbamates (subject to hydrolysis) is 1. The minimum Gasteiger partial charge on any atom is -0.444 e. The normalized spacial score (nSPS) is 10.7. The third-order valence-corrected chi connectivity index (χ3v) is 2.01. The van der Waals surface area contributed by atoms with Gasteiger partial charge in [-0.05, 0) is 59.7 Å². The van der Waals surface area contributed by atoms with E-state index in [1.54, 1.807) is 0 Å². The number of carbonyl (C=O) groups is 1. The van der Waals surface area contributed by atoms with Crippen LogP contribution < -0.4 is 16.4 Å². The van der Waals surface area contributed by atoms with Crippen LogP contribution in [-0.2, 0) is 4.74 Å². The monoisotopic (exact) mass is 281 g/mol. The van der Waals surface area contributed by atoms with Gasteiger partial charge in [0, 0.05) is 6.54 Å². The van der Waals surface area contributed by atoms with Crippen molar-refractivity contribution in [2.45, 2.75) is 45.6 Å². The molecule has 6 heteroatoms. The summed E-state index contributed by atoms with van der Waals surface area (Å²) in [7, 11) is 0. The van der Waals surface area contributed by atoms with E-state index in [-0.39, 0.29) is 18.5 Å². The van der Waals surface area contributed by atoms with Crippen LogP contribution in [0.2, 0.25) is 0 Å². The van der Waals surface area contributed by atoms with E-state index in [0.29, 0.717) is 6.54 Å². The Balaban J connectivity index is 0. The molecule has 110 valence electrons. The molecule has 0 aliphatic rings. The Morgan fingerprint density at radius 2 is 1.67 bits per heavy atom. The molecule has 0 saturated heterocycles. The maximum Gasteiger partial charge on any atom is 0.407 e. The summed E-state index contributed by atoms with van der Waals surface area (Å²) >= 11 is 0. The number of nitrogens with one attached hydrogen (secondary N) is 2. The lowest BCUT2D eigenvalue weighted by Crippen LogP contribution is -2.33. The van der Waals surface area contributed by atoms with Gasteiger partial charge in [0.2, 0.25) is 0 Å². The number of nitrogens with two attached hydrogens (primary N) is 1. The Hall–Kier alpha value is -0.520. The quantitative estimate of drug-likeness (QED) is 0.591. The van der Waals surface area contributed by atoms with Gasteiger partial charge in [-0.3, -0.25) is 0 Å². The van der Waals surface area contributed by atoms with Crippen LogP contribution in [0.25, 0.3) is 0 Å². The average Bonchev–Trinajstić information content (AvgIpc) is 2.19. The van der Waals surface area contributed by atoms with Gasteiger partial charge in [-0.25, -0.2) is 4.79 Å². The zero-order chi connectivity index (χ0) is 13.1. The summed E-state index contributed by atoms with van der Waals surface area (Å²) in [6, 6.07) is 0. The number of ether oxygens (including phenoxy) is 1. The number of halogens is 1. The van der Waals surface area contributed by atoms with Crippen molar-refractivity contribution in [3.8, 4) is 0 Å². The van der Waals surface area contributed by atoms with E-state index < -0.39 is 5.60 Å². The first-order chi connectivity index (χ1) is 7.95. The van der Waals surface area contributed by atoms with Gasteiger partial charge >= 0.3 is 6.09 Å². The second-order valence-corrected chi connectivity index (χ2v) is 5.03. The molecule has 0 heterocycles. The minimum absolute atomic E-state index is 0. The first kappa shape index (κ1) is 19.8. The first-order valence-electron chi connectivity index (χ1n) is 6.33. The fourth-order valence-corrected chi connectivity index (χ4v) is 1.23. The summed E-state index contributed by atoms with van der Waals surface area (Å²) < 4.78 is 5.12. The number of rotatable bonds is 8. The van der Waals surface area contributed by atoms with Gasteiger partial charge in [0.25, 0.3) is 0 Å². The van der Waals surface area contributed by atoms with Gasteiger partial charge < -0.3 is 21.1 Å². The highest BCUT2D eigenvalue weighted by molar-refractivity contribution is 5.85. The van der Waals surface area contributed by atoms with E-state index in [2.05, 4.69) is 10.6 Å². The molecule has 0 fully saturated rings. The molecule has 0 aromatic carbocycles. The Bertz CT molecular complexity index is 208. The van der Waals surface area contributed by atoms with E-state index >= 15 is 0 Å². The molecular formula is C12H28ClN3O2. The van der Waals surface area contributed by atoms with Gasteiger partial charge in [-0.2, -0.15) is 0 Å². The first-order valence-corrected chi connectivity index (χ1v) is 6.33. The highest BCUT2D eigenvalue weighted by atomic mass is 35.5. The molecule has 5 nitrogen and oxygen atoms in total. The van der Waals surface area contributed by atoms with E-state index in [1.807, 2.05) is 20.8 Å². The van der Waals surface area contributed by atoms with Crippen LogP contribution in [0.3, 0.4) is 0 Å². The summed E-state index contributed by atoms with van der Waals surface area (Å²) in [5.74, 6) is 0. The SMILES string of the molecule is CC(C)(C)OC(=O)NCCCCNCCCN.Cl. The molecule has 0 atom stereocenters. The maximum absolute atomic E-state index is 11.3. The topological polar surface area (TPSA) is 76.4 Å². The summed E-state index contributed by atoms with van der Waals surface area (Å²) in [5.41, 5.74) is 4.95. The number of hydrogen-bond donors (Lipinski definition) is 3. The maximum atomic E-state index is 11.3. The number of unbranched alkanes of at least 4 members (excludes halogenated alkanes) is 1. The van der Waals surface area contributed by atoms with Gasteiger partial charge in [0.05, 0.1) is 0 Å². The molecule has 0 radical (unpaired) electrons. The van der Waals surface area contributed by atoms with Crippen molar-refractivity contribution >= 4 is 18.5 Å². The van der Waals surface area contributed by atoms with Crippen LogP contribution in [0.1, 0.15) is 40.0 Å². The van der Waals surface area contributed by atoms with Gasteiger partial charge in [-0.15, -0.1) is 12.4 Å². The van der Waals surface area contributed by atoms with E-state index in [1.165, 1.54) is 0 Å². The smallest absolute Gasteiger partial charge is 0.407 e. The van der Waals surface area contributed by atoms with E-state index in [0.717, 1.165) is 38.9 Å². The van der Waals surface area contributed by atoms with E-state index in [4.69, 9.17) is 10.5 Å². The van der Waals surface area contributed by atoms with Crippen molar-refractivity contribution in [3.63, 3.8) is 0 Å². The molecule has 4 N–H and O–H groups in total. The predicted molar refractivity (Wildman–Crippen MR) is 77.3 cm³/mol. The van der Waals surface area contributed by atoms with Crippen LogP contribution in [0, 0.1) is 0 Å². The van der Waals surface area contributed by atoms with Gasteiger partial charge in [0.15, 0.2) is 0 Å². The molecule has 0 bridgehead atoms. The third kappa shape index (κ3) is 15.5. The van der Waals surface area contributed by atoms with Crippen molar-refractivity contribution in [1.29, 1.82) is 0 Å². The molecule has 0 saturated carbocycles. The lowest BCUT2D eigenvalue weighted by atomic mass is 10.2. The van der Waals surface area contributed by atoms with Gasteiger partial charge in [-0.1, -0.05) is 0 Å². The molecule has 0 unspecified atom stereocenters. The van der Waals surface area contributed by atoms with Crippen LogP contribution >= 0.6 is 12.4 Å². The van der Waals surface area contributed by atoms with Crippen LogP contribution in [0.5, 0.6) is 0 Å². The van der Waals surface area contributed by atoms with Gasteiger partial charge in [0.1, 0.15) is 5.60 Å². The Kier molecular flexibility index (Phi) is 12.7. The van der Waals surface area contributed by atoms with Crippen LogP contribution in [0.4, 0.5) is 4.79 Å². The Morgan fingerprint density at radius 3 is 2.22 bits per heavy atom. The van der Waals surface area contributed by atoms with Crippen molar-refractivity contribution < 1.29 is 9.53 Å². The molecule has 0 aromatic rings. The Labute approximate surface area is 117 Å². The zero-order valence-corrected chi connectivity index (χ0v) is 12.6. The lowest BCUT2D eigenvalue weighted by molar-refractivity contribution is 0.0527. The van der Waals surface area contributed by atoms with Crippen molar-refractivity contribution in [3.05, 3.63) is 0 Å². The molecular weight excluding hydrogens is 254 g/mol. The van der Waals surface area contributed by atoms with Crippen LogP contribution in [-0.4, -0.2) is 37.9 Å². The minimum atomic E-state index is -0.423. The van der Waals surface area contributed by atoms with E-state index in [9.17, 15) is 4.79 Å². The molecule has 0 aliphatic carbocycles. The number of amides is 1. The van der Waals surface area contributed by atoms with Crippen molar-refractivity contribution in [1.82, 2.24) is 10.6 Å². The predicted octanol–water partition coefficient (Wildman–Crippen LogP) is 1.65. The zero-order valence-electron chi connectivity index (χ0n) is 11.8.